The Labute approximate surface area is 105 Å². The molecule has 0 saturated carbocycles. The van der Waals surface area contributed by atoms with Gasteiger partial charge in [-0.2, -0.15) is 0 Å². The number of pyridine rings is 1. The molecule has 6 heteroatoms. The van der Waals surface area contributed by atoms with Gasteiger partial charge in [-0.05, 0) is 18.4 Å². The van der Waals surface area contributed by atoms with E-state index >= 15 is 0 Å². The van der Waals surface area contributed by atoms with Gasteiger partial charge in [0.2, 0.25) is 5.91 Å². The summed E-state index contributed by atoms with van der Waals surface area (Å²) in [6.07, 6.45) is 2.08. The first-order valence-corrected chi connectivity index (χ1v) is 5.86. The number of rotatable bonds is 6. The molecule has 4 N–H and O–H groups in total. The molecule has 1 rings (SSSR count). The highest BCUT2D eigenvalue weighted by Gasteiger charge is 2.07. The van der Waals surface area contributed by atoms with Crippen molar-refractivity contribution in [2.24, 2.45) is 5.92 Å². The lowest BCUT2D eigenvalue weighted by Crippen LogP contribution is -2.34. The molecule has 0 bridgehead atoms. The van der Waals surface area contributed by atoms with Crippen LogP contribution in [0.2, 0.25) is 0 Å². The smallest absolute Gasteiger partial charge is 0.251 e. The Balaban J connectivity index is 2.49. The average Bonchev–Trinajstić information content (AvgIpc) is 2.32. The first-order valence-electron chi connectivity index (χ1n) is 5.86. The van der Waals surface area contributed by atoms with Gasteiger partial charge in [0.25, 0.3) is 5.56 Å². The highest BCUT2D eigenvalue weighted by atomic mass is 16.3. The molecule has 100 valence electrons. The molecule has 0 aliphatic rings. The summed E-state index contributed by atoms with van der Waals surface area (Å²) in [5.74, 6) is -0.0380. The van der Waals surface area contributed by atoms with Gasteiger partial charge in [0.05, 0.1) is 0 Å². The van der Waals surface area contributed by atoms with Crippen LogP contribution in [0.25, 0.3) is 0 Å². The summed E-state index contributed by atoms with van der Waals surface area (Å²) in [7, 11) is 0. The van der Waals surface area contributed by atoms with Crippen molar-refractivity contribution in [1.82, 2.24) is 9.88 Å². The molecule has 1 atom stereocenters. The van der Waals surface area contributed by atoms with Gasteiger partial charge in [-0.25, -0.2) is 0 Å². The minimum atomic E-state index is -0.261. The fraction of sp³-hybridized carbons (Fsp3) is 0.500. The molecule has 0 radical (unpaired) electrons. The van der Waals surface area contributed by atoms with E-state index in [1.807, 2.05) is 6.92 Å². The van der Waals surface area contributed by atoms with Crippen molar-refractivity contribution in [3.8, 4) is 0 Å². The molecule has 1 heterocycles. The summed E-state index contributed by atoms with van der Waals surface area (Å²) < 4.78 is 1.27. The molecule has 18 heavy (non-hydrogen) atoms. The van der Waals surface area contributed by atoms with Crippen LogP contribution in [0.15, 0.2) is 23.1 Å². The molecule has 0 fully saturated rings. The van der Waals surface area contributed by atoms with Gasteiger partial charge >= 0.3 is 0 Å². The lowest BCUT2D eigenvalue weighted by atomic mass is 10.1. The van der Waals surface area contributed by atoms with Crippen LogP contribution < -0.4 is 16.6 Å². The van der Waals surface area contributed by atoms with E-state index < -0.39 is 0 Å². The normalized spacial score (nSPS) is 12.1. The maximum atomic E-state index is 11.6. The standard InChI is InChI=1S/C12H19N3O3/c1-9(4-5-16)6-14-11(17)8-15-7-10(13)2-3-12(15)18/h2-3,7,9,16H,4-6,8,13H2,1H3,(H,14,17). The number of carbonyl (C=O) groups excluding carboxylic acids is 1. The molecule has 0 aromatic carbocycles. The van der Waals surface area contributed by atoms with E-state index in [1.54, 1.807) is 0 Å². The molecule has 6 nitrogen and oxygen atoms in total. The molecular formula is C12H19N3O3. The molecule has 1 aromatic rings. The Morgan fingerprint density at radius 1 is 1.56 bits per heavy atom. The molecule has 1 aromatic heterocycles. The number of anilines is 1. The van der Waals surface area contributed by atoms with Gasteiger partial charge in [-0.15, -0.1) is 0 Å². The quantitative estimate of drug-likeness (QED) is 0.640. The highest BCUT2D eigenvalue weighted by Crippen LogP contribution is 1.98. The second-order valence-corrected chi connectivity index (χ2v) is 4.35. The van der Waals surface area contributed by atoms with Gasteiger partial charge in [0, 0.05) is 31.1 Å². The minimum Gasteiger partial charge on any atom is -0.398 e. The maximum absolute atomic E-state index is 11.6. The van der Waals surface area contributed by atoms with Crippen LogP contribution in [0.3, 0.4) is 0 Å². The van der Waals surface area contributed by atoms with Crippen molar-refractivity contribution in [2.75, 3.05) is 18.9 Å². The lowest BCUT2D eigenvalue weighted by molar-refractivity contribution is -0.121. The van der Waals surface area contributed by atoms with E-state index in [-0.39, 0.29) is 30.5 Å². The SMILES string of the molecule is CC(CCO)CNC(=O)Cn1cc(N)ccc1=O. The number of hydrogen-bond acceptors (Lipinski definition) is 4. The number of hydrogen-bond donors (Lipinski definition) is 3. The zero-order valence-electron chi connectivity index (χ0n) is 10.4. The van der Waals surface area contributed by atoms with Gasteiger partial charge in [-0.3, -0.25) is 9.59 Å². The molecule has 0 aliphatic heterocycles. The van der Waals surface area contributed by atoms with Crippen molar-refractivity contribution in [3.05, 3.63) is 28.7 Å². The lowest BCUT2D eigenvalue weighted by Gasteiger charge is -2.12. The Morgan fingerprint density at radius 2 is 2.28 bits per heavy atom. The summed E-state index contributed by atoms with van der Waals surface area (Å²) in [6, 6.07) is 2.83. The van der Waals surface area contributed by atoms with Crippen LogP contribution in [-0.2, 0) is 11.3 Å². The average molecular weight is 253 g/mol. The Kier molecular flexibility index (Phi) is 5.38. The number of aromatic nitrogens is 1. The molecule has 0 aliphatic carbocycles. The van der Waals surface area contributed by atoms with Gasteiger partial charge < -0.3 is 20.7 Å². The van der Waals surface area contributed by atoms with E-state index in [0.717, 1.165) is 0 Å². The van der Waals surface area contributed by atoms with E-state index in [9.17, 15) is 9.59 Å². The van der Waals surface area contributed by atoms with Crippen LogP contribution in [0, 0.1) is 5.92 Å². The first kappa shape index (κ1) is 14.2. The molecule has 0 spiro atoms. The van der Waals surface area contributed by atoms with E-state index in [4.69, 9.17) is 10.8 Å². The van der Waals surface area contributed by atoms with E-state index in [1.165, 1.54) is 22.9 Å². The van der Waals surface area contributed by atoms with Crippen LogP contribution in [-0.4, -0.2) is 28.7 Å². The fourth-order valence-corrected chi connectivity index (χ4v) is 1.49. The van der Waals surface area contributed by atoms with Crippen LogP contribution >= 0.6 is 0 Å². The van der Waals surface area contributed by atoms with E-state index in [0.29, 0.717) is 18.7 Å². The Bertz CT molecular complexity index is 456. The molecule has 0 saturated heterocycles. The van der Waals surface area contributed by atoms with Crippen molar-refractivity contribution in [2.45, 2.75) is 19.9 Å². The predicted octanol–water partition coefficient (Wildman–Crippen LogP) is -0.435. The predicted molar refractivity (Wildman–Crippen MR) is 69.0 cm³/mol. The number of aliphatic hydroxyl groups is 1. The summed E-state index contributed by atoms with van der Waals surface area (Å²) in [4.78, 5) is 23.1. The molecule has 1 unspecified atom stereocenters. The summed E-state index contributed by atoms with van der Waals surface area (Å²) in [5.41, 5.74) is 5.73. The first-order chi connectivity index (χ1) is 8.52. The second-order valence-electron chi connectivity index (χ2n) is 4.35. The van der Waals surface area contributed by atoms with Crippen molar-refractivity contribution in [1.29, 1.82) is 0 Å². The number of carbonyl (C=O) groups is 1. The van der Waals surface area contributed by atoms with Crippen LogP contribution in [0.4, 0.5) is 5.69 Å². The number of nitrogens with one attached hydrogen (secondary N) is 1. The van der Waals surface area contributed by atoms with Crippen LogP contribution in [0.5, 0.6) is 0 Å². The number of amides is 1. The summed E-state index contributed by atoms with van der Waals surface area (Å²) in [6.45, 7) is 2.47. The van der Waals surface area contributed by atoms with E-state index in [2.05, 4.69) is 5.32 Å². The molecular weight excluding hydrogens is 234 g/mol. The topological polar surface area (TPSA) is 97.3 Å². The monoisotopic (exact) mass is 253 g/mol. The third-order valence-corrected chi connectivity index (χ3v) is 2.59. The maximum Gasteiger partial charge on any atom is 0.251 e. The summed E-state index contributed by atoms with van der Waals surface area (Å²) in [5, 5.41) is 11.4. The van der Waals surface area contributed by atoms with Gasteiger partial charge in [0.15, 0.2) is 0 Å². The number of nitrogens with two attached hydrogens (primary N) is 1. The minimum absolute atomic E-state index is 0.0459. The molecule has 1 amide bonds. The van der Waals surface area contributed by atoms with Crippen molar-refractivity contribution in [3.63, 3.8) is 0 Å². The third kappa shape index (κ3) is 4.58. The number of aliphatic hydroxyl groups excluding tert-OH is 1. The number of nitrogen functional groups attached to an aromatic ring is 1. The van der Waals surface area contributed by atoms with Crippen molar-refractivity contribution < 1.29 is 9.90 Å². The summed E-state index contributed by atoms with van der Waals surface area (Å²) >= 11 is 0. The highest BCUT2D eigenvalue weighted by molar-refractivity contribution is 5.75. The zero-order valence-corrected chi connectivity index (χ0v) is 10.4. The Morgan fingerprint density at radius 3 is 2.94 bits per heavy atom. The second kappa shape index (κ2) is 6.80. The van der Waals surface area contributed by atoms with Crippen molar-refractivity contribution >= 4 is 11.6 Å². The van der Waals surface area contributed by atoms with Gasteiger partial charge in [-0.1, -0.05) is 6.92 Å². The Hall–Kier alpha value is -1.82. The zero-order chi connectivity index (χ0) is 13.5. The van der Waals surface area contributed by atoms with Crippen LogP contribution in [0.1, 0.15) is 13.3 Å². The van der Waals surface area contributed by atoms with Gasteiger partial charge in [0.1, 0.15) is 6.54 Å². The third-order valence-electron chi connectivity index (χ3n) is 2.59. The fourth-order valence-electron chi connectivity index (χ4n) is 1.49. The largest absolute Gasteiger partial charge is 0.398 e. The number of nitrogens with zero attached hydrogens (tertiary/aromatic N) is 1.